The van der Waals surface area contributed by atoms with Crippen molar-refractivity contribution in [2.75, 3.05) is 33.9 Å². The van der Waals surface area contributed by atoms with Crippen molar-refractivity contribution in [1.29, 1.82) is 0 Å². The fourth-order valence-corrected chi connectivity index (χ4v) is 1.14. The van der Waals surface area contributed by atoms with E-state index in [1.54, 1.807) is 14.2 Å². The summed E-state index contributed by atoms with van der Waals surface area (Å²) in [5, 5.41) is 3.29. The number of hydrogen-bond donors (Lipinski definition) is 2. The standard InChI is InChI=1S/C7H20N2O2Si/c1-10-7(11-2)3-4-8-5-6-9-12/h7-9H,3-6H2,1-2,12H3. The molecule has 0 radical (unpaired) electrons. The lowest BCUT2D eigenvalue weighted by molar-refractivity contribution is -0.105. The Morgan fingerprint density at radius 1 is 1.17 bits per heavy atom. The van der Waals surface area contributed by atoms with Gasteiger partial charge < -0.3 is 19.8 Å². The summed E-state index contributed by atoms with van der Waals surface area (Å²) in [6.45, 7) is 3.01. The maximum absolute atomic E-state index is 5.04. The summed E-state index contributed by atoms with van der Waals surface area (Å²) in [4.78, 5) is 3.20. The number of nitrogens with one attached hydrogen (secondary N) is 2. The molecule has 0 heterocycles. The Bertz CT molecular complexity index is 91.5. The molecule has 12 heavy (non-hydrogen) atoms. The average molecular weight is 192 g/mol. The van der Waals surface area contributed by atoms with Gasteiger partial charge >= 0.3 is 0 Å². The van der Waals surface area contributed by atoms with Crippen LogP contribution in [0.1, 0.15) is 6.42 Å². The Balaban J connectivity index is 3.06. The van der Waals surface area contributed by atoms with Crippen molar-refractivity contribution in [1.82, 2.24) is 10.3 Å². The third kappa shape index (κ3) is 6.75. The molecule has 0 aliphatic rings. The molecule has 0 rings (SSSR count). The molecule has 0 fully saturated rings. The van der Waals surface area contributed by atoms with Crippen LogP contribution in [0.2, 0.25) is 0 Å². The van der Waals surface area contributed by atoms with Crippen molar-refractivity contribution in [2.45, 2.75) is 12.7 Å². The van der Waals surface area contributed by atoms with E-state index >= 15 is 0 Å². The maximum Gasteiger partial charge on any atom is 0.158 e. The minimum atomic E-state index is -0.0681. The lowest BCUT2D eigenvalue weighted by atomic mass is 10.4. The van der Waals surface area contributed by atoms with Gasteiger partial charge in [-0.05, 0) is 6.54 Å². The first-order valence-corrected chi connectivity index (χ1v) is 5.26. The van der Waals surface area contributed by atoms with Gasteiger partial charge in [0.1, 0.15) is 0 Å². The smallest absolute Gasteiger partial charge is 0.158 e. The van der Waals surface area contributed by atoms with Gasteiger partial charge in [-0.3, -0.25) is 0 Å². The van der Waals surface area contributed by atoms with Crippen LogP contribution in [-0.2, 0) is 9.47 Å². The molecule has 0 saturated carbocycles. The fourth-order valence-electron chi connectivity index (χ4n) is 0.890. The topological polar surface area (TPSA) is 42.5 Å². The molecule has 5 heteroatoms. The zero-order valence-corrected chi connectivity index (χ0v) is 10.2. The monoisotopic (exact) mass is 192 g/mol. The molecule has 0 amide bonds. The first kappa shape index (κ1) is 12.1. The van der Waals surface area contributed by atoms with Crippen LogP contribution < -0.4 is 10.3 Å². The summed E-state index contributed by atoms with van der Waals surface area (Å²) in [5.41, 5.74) is 0. The van der Waals surface area contributed by atoms with Crippen molar-refractivity contribution in [3.8, 4) is 0 Å². The van der Waals surface area contributed by atoms with E-state index in [2.05, 4.69) is 10.3 Å². The molecule has 0 atom stereocenters. The zero-order valence-electron chi connectivity index (χ0n) is 8.22. The quantitative estimate of drug-likeness (QED) is 0.278. The number of rotatable bonds is 8. The summed E-state index contributed by atoms with van der Waals surface area (Å²) >= 11 is 0. The predicted octanol–water partition coefficient (Wildman–Crippen LogP) is -1.54. The van der Waals surface area contributed by atoms with Gasteiger partial charge in [0.15, 0.2) is 6.29 Å². The molecule has 0 spiro atoms. The van der Waals surface area contributed by atoms with E-state index in [0.717, 1.165) is 36.5 Å². The van der Waals surface area contributed by atoms with Crippen LogP contribution in [-0.4, -0.2) is 50.5 Å². The normalized spacial score (nSPS) is 11.2. The molecule has 0 aromatic rings. The van der Waals surface area contributed by atoms with Crippen molar-refractivity contribution in [3.05, 3.63) is 0 Å². The molecule has 0 saturated heterocycles. The highest BCUT2D eigenvalue weighted by atomic mass is 28.2. The number of ether oxygens (including phenoxy) is 2. The molecule has 0 unspecified atom stereocenters. The SMILES string of the molecule is COC(CCNCCN[SiH3])OC. The maximum atomic E-state index is 5.04. The van der Waals surface area contributed by atoms with Gasteiger partial charge in [0, 0.05) is 33.7 Å². The van der Waals surface area contributed by atoms with Gasteiger partial charge in [-0.15, -0.1) is 0 Å². The predicted molar refractivity (Wildman–Crippen MR) is 53.2 cm³/mol. The molecule has 0 aliphatic carbocycles. The largest absolute Gasteiger partial charge is 0.356 e. The molecule has 2 N–H and O–H groups in total. The van der Waals surface area contributed by atoms with Crippen molar-refractivity contribution >= 4 is 10.4 Å². The molecule has 0 aromatic heterocycles. The van der Waals surface area contributed by atoms with E-state index in [0.29, 0.717) is 0 Å². The Morgan fingerprint density at radius 3 is 2.33 bits per heavy atom. The van der Waals surface area contributed by atoms with Crippen LogP contribution in [0.25, 0.3) is 0 Å². The molecule has 4 nitrogen and oxygen atoms in total. The van der Waals surface area contributed by atoms with Gasteiger partial charge in [-0.25, -0.2) is 0 Å². The molecule has 74 valence electrons. The van der Waals surface area contributed by atoms with E-state index in [1.807, 2.05) is 0 Å². The summed E-state index contributed by atoms with van der Waals surface area (Å²) < 4.78 is 10.1. The lowest BCUT2D eigenvalue weighted by Gasteiger charge is -2.13. The second-order valence-electron chi connectivity index (χ2n) is 2.54. The Kier molecular flexibility index (Phi) is 9.19. The third-order valence-electron chi connectivity index (χ3n) is 1.63. The number of hydrogen-bond acceptors (Lipinski definition) is 4. The molecular weight excluding hydrogens is 172 g/mol. The highest BCUT2D eigenvalue weighted by molar-refractivity contribution is 6.04. The first-order chi connectivity index (χ1) is 5.85. The second-order valence-corrected chi connectivity index (χ2v) is 3.25. The van der Waals surface area contributed by atoms with Crippen molar-refractivity contribution in [3.63, 3.8) is 0 Å². The minimum absolute atomic E-state index is 0.0681. The van der Waals surface area contributed by atoms with Gasteiger partial charge in [-0.2, -0.15) is 0 Å². The third-order valence-corrected chi connectivity index (χ3v) is 2.13. The van der Waals surface area contributed by atoms with Crippen LogP contribution >= 0.6 is 0 Å². The van der Waals surface area contributed by atoms with Gasteiger partial charge in [-0.1, -0.05) is 0 Å². The Morgan fingerprint density at radius 2 is 1.83 bits per heavy atom. The number of methoxy groups -OCH3 is 2. The molecule has 0 aromatic carbocycles. The second kappa shape index (κ2) is 9.15. The van der Waals surface area contributed by atoms with E-state index in [4.69, 9.17) is 9.47 Å². The van der Waals surface area contributed by atoms with Crippen LogP contribution in [0.4, 0.5) is 0 Å². The fraction of sp³-hybridized carbons (Fsp3) is 1.00. The molecular formula is C7H20N2O2Si. The Hall–Kier alpha value is 0.0569. The molecule has 0 bridgehead atoms. The highest BCUT2D eigenvalue weighted by Crippen LogP contribution is 1.94. The summed E-state index contributed by atoms with van der Waals surface area (Å²) in [7, 11) is 4.39. The van der Waals surface area contributed by atoms with E-state index in [-0.39, 0.29) is 6.29 Å². The highest BCUT2D eigenvalue weighted by Gasteiger charge is 2.02. The van der Waals surface area contributed by atoms with Crippen LogP contribution in [0, 0.1) is 0 Å². The van der Waals surface area contributed by atoms with Crippen LogP contribution in [0.15, 0.2) is 0 Å². The van der Waals surface area contributed by atoms with Gasteiger partial charge in [0.05, 0.1) is 10.4 Å². The average Bonchev–Trinajstić information content (AvgIpc) is 2.11. The zero-order chi connectivity index (χ0) is 9.23. The summed E-state index contributed by atoms with van der Waals surface area (Å²) in [5.74, 6) is 0. The van der Waals surface area contributed by atoms with Crippen LogP contribution in [0.5, 0.6) is 0 Å². The minimum Gasteiger partial charge on any atom is -0.356 e. The van der Waals surface area contributed by atoms with E-state index in [1.165, 1.54) is 0 Å². The van der Waals surface area contributed by atoms with E-state index in [9.17, 15) is 0 Å². The summed E-state index contributed by atoms with van der Waals surface area (Å²) in [6.07, 6.45) is 0.829. The lowest BCUT2D eigenvalue weighted by Crippen LogP contribution is -2.29. The van der Waals surface area contributed by atoms with Crippen LogP contribution in [0.3, 0.4) is 0 Å². The van der Waals surface area contributed by atoms with Crippen molar-refractivity contribution < 1.29 is 9.47 Å². The van der Waals surface area contributed by atoms with Crippen molar-refractivity contribution in [2.24, 2.45) is 0 Å². The first-order valence-electron chi connectivity index (χ1n) is 4.26. The van der Waals surface area contributed by atoms with E-state index < -0.39 is 0 Å². The summed E-state index contributed by atoms with van der Waals surface area (Å²) in [6, 6.07) is 0. The van der Waals surface area contributed by atoms with Gasteiger partial charge in [0.2, 0.25) is 0 Å². The van der Waals surface area contributed by atoms with Gasteiger partial charge in [0.25, 0.3) is 0 Å². The molecule has 0 aliphatic heterocycles. The Labute approximate surface area is 77.5 Å².